The Kier molecular flexibility index (Phi) is 3.72. The number of para-hydroxylation sites is 1. The highest BCUT2D eigenvalue weighted by atomic mass is 15.2. The Morgan fingerprint density at radius 3 is 2.92 bits per heavy atom. The van der Waals surface area contributed by atoms with Gasteiger partial charge in [-0.05, 0) is 29.3 Å². The summed E-state index contributed by atoms with van der Waals surface area (Å²) in [5, 5.41) is 1.19. The van der Waals surface area contributed by atoms with Crippen molar-refractivity contribution in [2.24, 2.45) is 0 Å². The molecule has 0 bridgehead atoms. The largest absolute Gasteiger partial charge is 0.348 e. The lowest BCUT2D eigenvalue weighted by Gasteiger charge is -2.35. The third-order valence-electron chi connectivity index (χ3n) is 5.11. The summed E-state index contributed by atoms with van der Waals surface area (Å²) in [7, 11) is 0. The molecule has 0 fully saturated rings. The molecule has 26 heavy (non-hydrogen) atoms. The van der Waals surface area contributed by atoms with E-state index in [9.17, 15) is 0 Å². The van der Waals surface area contributed by atoms with Gasteiger partial charge in [-0.1, -0.05) is 24.3 Å². The fourth-order valence-electron chi connectivity index (χ4n) is 3.92. The third-order valence-corrected chi connectivity index (χ3v) is 5.11. The first-order chi connectivity index (χ1) is 12.9. The van der Waals surface area contributed by atoms with Crippen molar-refractivity contribution < 1.29 is 0 Å². The first-order valence-corrected chi connectivity index (χ1v) is 8.89. The number of aromatic amines is 1. The van der Waals surface area contributed by atoms with Crippen molar-refractivity contribution in [1.82, 2.24) is 24.8 Å². The molecule has 0 saturated heterocycles. The van der Waals surface area contributed by atoms with Gasteiger partial charge >= 0.3 is 0 Å². The van der Waals surface area contributed by atoms with E-state index in [1.165, 1.54) is 22.2 Å². The van der Waals surface area contributed by atoms with Gasteiger partial charge in [-0.15, -0.1) is 0 Å². The molecule has 5 heteroatoms. The van der Waals surface area contributed by atoms with E-state index < -0.39 is 0 Å². The van der Waals surface area contributed by atoms with Gasteiger partial charge in [0.05, 0.1) is 23.6 Å². The van der Waals surface area contributed by atoms with Crippen LogP contribution in [0.4, 0.5) is 0 Å². The van der Waals surface area contributed by atoms with Crippen LogP contribution in [0.1, 0.15) is 28.6 Å². The molecule has 5 nitrogen and oxygen atoms in total. The Labute approximate surface area is 151 Å². The number of hydrogen-bond acceptors (Lipinski definition) is 4. The summed E-state index contributed by atoms with van der Waals surface area (Å²) in [5.41, 5.74) is 5.85. The van der Waals surface area contributed by atoms with Gasteiger partial charge in [0.25, 0.3) is 0 Å². The molecule has 1 aliphatic heterocycles. The number of nitrogens with one attached hydrogen (secondary N) is 1. The fraction of sp³-hybridized carbons (Fsp3) is 0.190. The van der Waals surface area contributed by atoms with Crippen molar-refractivity contribution in [2.75, 3.05) is 6.54 Å². The minimum atomic E-state index is 0.109. The Morgan fingerprint density at radius 2 is 2.00 bits per heavy atom. The van der Waals surface area contributed by atoms with Crippen LogP contribution < -0.4 is 0 Å². The maximum absolute atomic E-state index is 4.68. The molecular formula is C21H19N5. The van der Waals surface area contributed by atoms with Crippen LogP contribution in [-0.4, -0.2) is 31.4 Å². The molecule has 1 N–H and O–H groups in total. The van der Waals surface area contributed by atoms with E-state index in [0.29, 0.717) is 0 Å². The smallest absolute Gasteiger partial charge is 0.0926 e. The van der Waals surface area contributed by atoms with Gasteiger partial charge in [-0.25, -0.2) is 4.98 Å². The van der Waals surface area contributed by atoms with E-state index in [-0.39, 0.29) is 6.04 Å². The molecular weight excluding hydrogens is 322 g/mol. The second-order valence-electron chi connectivity index (χ2n) is 6.67. The van der Waals surface area contributed by atoms with Gasteiger partial charge in [-0.2, -0.15) is 0 Å². The standard InChI is InChI=1S/C21H19N5/c1-2-6-18-16(5-1)17(7-10-23-18)21-20-19(24-14-25-20)8-11-26(21)13-15-4-3-9-22-12-15/h1-7,9-10,12,14,21H,8,11,13H2,(H,24,25)/t21-/m1/s1. The van der Waals surface area contributed by atoms with Crippen LogP contribution in [0.5, 0.6) is 0 Å². The zero-order chi connectivity index (χ0) is 17.3. The van der Waals surface area contributed by atoms with Crippen molar-refractivity contribution in [3.05, 3.63) is 89.9 Å². The average Bonchev–Trinajstić information content (AvgIpc) is 3.17. The molecule has 3 aromatic heterocycles. The Bertz CT molecular complexity index is 1040. The number of aromatic nitrogens is 4. The number of hydrogen-bond donors (Lipinski definition) is 1. The zero-order valence-electron chi connectivity index (χ0n) is 14.3. The summed E-state index contributed by atoms with van der Waals surface area (Å²) in [5.74, 6) is 0. The van der Waals surface area contributed by atoms with Crippen LogP contribution in [0.15, 0.2) is 67.4 Å². The van der Waals surface area contributed by atoms with Crippen LogP contribution in [0.2, 0.25) is 0 Å². The van der Waals surface area contributed by atoms with E-state index in [1.807, 2.05) is 37.1 Å². The first-order valence-electron chi connectivity index (χ1n) is 8.89. The molecule has 0 aliphatic carbocycles. The monoisotopic (exact) mass is 341 g/mol. The van der Waals surface area contributed by atoms with Crippen molar-refractivity contribution in [1.29, 1.82) is 0 Å². The number of rotatable bonds is 3. The number of nitrogens with zero attached hydrogens (tertiary/aromatic N) is 4. The quantitative estimate of drug-likeness (QED) is 0.620. The Hall–Kier alpha value is -3.05. The Balaban J connectivity index is 1.64. The van der Waals surface area contributed by atoms with E-state index >= 15 is 0 Å². The molecule has 5 rings (SSSR count). The summed E-state index contributed by atoms with van der Waals surface area (Å²) in [6, 6.07) is 14.7. The highest BCUT2D eigenvalue weighted by molar-refractivity contribution is 5.82. The van der Waals surface area contributed by atoms with Gasteiger partial charge < -0.3 is 4.98 Å². The van der Waals surface area contributed by atoms with Crippen molar-refractivity contribution in [3.8, 4) is 0 Å². The van der Waals surface area contributed by atoms with Crippen LogP contribution in [0.3, 0.4) is 0 Å². The summed E-state index contributed by atoms with van der Waals surface area (Å²) >= 11 is 0. The normalized spacial score (nSPS) is 17.3. The predicted molar refractivity (Wildman–Crippen MR) is 101 cm³/mol. The number of H-pyrrole nitrogens is 1. The summed E-state index contributed by atoms with van der Waals surface area (Å²) in [6.07, 6.45) is 8.46. The van der Waals surface area contributed by atoms with Gasteiger partial charge in [0, 0.05) is 49.2 Å². The predicted octanol–water partition coefficient (Wildman–Crippen LogP) is 3.50. The molecule has 128 valence electrons. The van der Waals surface area contributed by atoms with Crippen LogP contribution in [-0.2, 0) is 13.0 Å². The van der Waals surface area contributed by atoms with Crippen molar-refractivity contribution >= 4 is 10.9 Å². The molecule has 0 saturated carbocycles. The number of fused-ring (bicyclic) bond motifs is 2. The molecule has 4 heterocycles. The van der Waals surface area contributed by atoms with Crippen LogP contribution in [0.25, 0.3) is 10.9 Å². The third kappa shape index (κ3) is 2.57. The van der Waals surface area contributed by atoms with E-state index in [1.54, 1.807) is 0 Å². The summed E-state index contributed by atoms with van der Waals surface area (Å²) in [6.45, 7) is 1.83. The number of imidazole rings is 1. The zero-order valence-corrected chi connectivity index (χ0v) is 14.3. The maximum atomic E-state index is 4.68. The summed E-state index contributed by atoms with van der Waals surface area (Å²) < 4.78 is 0. The second-order valence-corrected chi connectivity index (χ2v) is 6.67. The average molecular weight is 341 g/mol. The van der Waals surface area contributed by atoms with Gasteiger partial charge in [0.2, 0.25) is 0 Å². The minimum absolute atomic E-state index is 0.109. The molecule has 0 unspecified atom stereocenters. The van der Waals surface area contributed by atoms with Crippen molar-refractivity contribution in [3.63, 3.8) is 0 Å². The van der Waals surface area contributed by atoms with E-state index in [2.05, 4.69) is 55.2 Å². The molecule has 1 aromatic carbocycles. The lowest BCUT2D eigenvalue weighted by Crippen LogP contribution is -2.36. The van der Waals surface area contributed by atoms with Crippen LogP contribution >= 0.6 is 0 Å². The Morgan fingerprint density at radius 1 is 1.04 bits per heavy atom. The molecule has 4 aromatic rings. The summed E-state index contributed by atoms with van der Waals surface area (Å²) in [4.78, 5) is 19.3. The van der Waals surface area contributed by atoms with Gasteiger partial charge in [-0.3, -0.25) is 14.9 Å². The SMILES string of the molecule is c1cncc(CN2CCc3[nH]cnc3[C@H]2c2ccnc3ccccc23)c1. The highest BCUT2D eigenvalue weighted by Crippen LogP contribution is 2.37. The fourth-order valence-corrected chi connectivity index (χ4v) is 3.92. The van der Waals surface area contributed by atoms with Crippen LogP contribution in [0, 0.1) is 0 Å². The lowest BCUT2D eigenvalue weighted by molar-refractivity contribution is 0.201. The number of pyridine rings is 2. The topological polar surface area (TPSA) is 57.7 Å². The minimum Gasteiger partial charge on any atom is -0.348 e. The molecule has 0 amide bonds. The lowest BCUT2D eigenvalue weighted by atomic mass is 9.93. The van der Waals surface area contributed by atoms with E-state index in [4.69, 9.17) is 0 Å². The number of benzene rings is 1. The van der Waals surface area contributed by atoms with Gasteiger partial charge in [0.15, 0.2) is 0 Å². The molecule has 1 atom stereocenters. The molecule has 0 radical (unpaired) electrons. The molecule has 1 aliphatic rings. The molecule has 0 spiro atoms. The van der Waals surface area contributed by atoms with E-state index in [0.717, 1.165) is 30.7 Å². The maximum Gasteiger partial charge on any atom is 0.0926 e. The van der Waals surface area contributed by atoms with Crippen molar-refractivity contribution in [2.45, 2.75) is 19.0 Å². The second kappa shape index (κ2) is 6.35. The first kappa shape index (κ1) is 15.2. The van der Waals surface area contributed by atoms with Gasteiger partial charge in [0.1, 0.15) is 0 Å². The highest BCUT2D eigenvalue weighted by Gasteiger charge is 2.32.